The third-order valence-corrected chi connectivity index (χ3v) is 2.44. The molecular weight excluding hydrogens is 269 g/mol. The second-order valence-electron chi connectivity index (χ2n) is 4.07. The number of nitrogens with one attached hydrogen (secondary N) is 2. The summed E-state index contributed by atoms with van der Waals surface area (Å²) in [5.74, 6) is -2.40. The van der Waals surface area contributed by atoms with E-state index in [1.54, 1.807) is 0 Å². The molecule has 0 fully saturated rings. The molecule has 0 unspecified atom stereocenters. The number of amides is 1. The van der Waals surface area contributed by atoms with Gasteiger partial charge in [0.05, 0.1) is 6.54 Å². The first-order valence-corrected chi connectivity index (χ1v) is 5.78. The van der Waals surface area contributed by atoms with Gasteiger partial charge >= 0.3 is 0 Å². The summed E-state index contributed by atoms with van der Waals surface area (Å²) in [4.78, 5) is 11.6. The number of benzene rings is 2. The quantitative estimate of drug-likeness (QED) is 0.903. The smallest absolute Gasteiger partial charge is 0.243 e. The predicted octanol–water partition coefficient (Wildman–Crippen LogP) is 3.15. The van der Waals surface area contributed by atoms with Crippen molar-refractivity contribution < 1.29 is 18.0 Å². The molecular formula is C14H11F3N2O. The third kappa shape index (κ3) is 4.01. The Bertz CT molecular complexity index is 594. The zero-order valence-corrected chi connectivity index (χ0v) is 10.3. The van der Waals surface area contributed by atoms with Crippen molar-refractivity contribution in [2.75, 3.05) is 17.2 Å². The Kier molecular flexibility index (Phi) is 4.24. The molecule has 0 heterocycles. The van der Waals surface area contributed by atoms with Crippen LogP contribution in [0.4, 0.5) is 24.5 Å². The van der Waals surface area contributed by atoms with Crippen LogP contribution >= 0.6 is 0 Å². The maximum absolute atomic E-state index is 12.9. The van der Waals surface area contributed by atoms with Crippen molar-refractivity contribution in [2.45, 2.75) is 0 Å². The summed E-state index contributed by atoms with van der Waals surface area (Å²) in [6, 6.07) is 8.20. The maximum Gasteiger partial charge on any atom is 0.243 e. The molecule has 0 aliphatic rings. The zero-order valence-electron chi connectivity index (χ0n) is 10.3. The predicted molar refractivity (Wildman–Crippen MR) is 69.9 cm³/mol. The third-order valence-electron chi connectivity index (χ3n) is 2.44. The molecule has 2 aromatic rings. The van der Waals surface area contributed by atoms with Gasteiger partial charge in [-0.25, -0.2) is 13.2 Å². The fraction of sp³-hybridized carbons (Fsp3) is 0.0714. The molecule has 2 rings (SSSR count). The molecule has 0 aromatic heterocycles. The van der Waals surface area contributed by atoms with Crippen molar-refractivity contribution in [3.05, 3.63) is 59.9 Å². The first-order valence-electron chi connectivity index (χ1n) is 5.78. The van der Waals surface area contributed by atoms with E-state index >= 15 is 0 Å². The largest absolute Gasteiger partial charge is 0.376 e. The van der Waals surface area contributed by atoms with Crippen molar-refractivity contribution in [1.82, 2.24) is 0 Å². The lowest BCUT2D eigenvalue weighted by atomic mass is 10.3. The lowest BCUT2D eigenvalue weighted by molar-refractivity contribution is -0.114. The van der Waals surface area contributed by atoms with Gasteiger partial charge in [-0.05, 0) is 36.4 Å². The van der Waals surface area contributed by atoms with Crippen molar-refractivity contribution in [1.29, 1.82) is 0 Å². The Labute approximate surface area is 113 Å². The Morgan fingerprint density at radius 2 is 1.45 bits per heavy atom. The Balaban J connectivity index is 1.90. The van der Waals surface area contributed by atoms with Crippen LogP contribution < -0.4 is 10.6 Å². The summed E-state index contributed by atoms with van der Waals surface area (Å²) in [5.41, 5.74) is 0.598. The van der Waals surface area contributed by atoms with Crippen molar-refractivity contribution in [3.8, 4) is 0 Å². The van der Waals surface area contributed by atoms with Crippen molar-refractivity contribution in [2.24, 2.45) is 0 Å². The number of carbonyl (C=O) groups is 1. The summed E-state index contributed by atoms with van der Waals surface area (Å²) in [6.45, 7) is -0.107. The van der Waals surface area contributed by atoms with Gasteiger partial charge in [0.1, 0.15) is 17.5 Å². The molecule has 20 heavy (non-hydrogen) atoms. The number of hydrogen-bond acceptors (Lipinski definition) is 2. The minimum atomic E-state index is -0.771. The number of hydrogen-bond donors (Lipinski definition) is 2. The average molecular weight is 280 g/mol. The molecule has 0 saturated carbocycles. The minimum absolute atomic E-state index is 0.0356. The van der Waals surface area contributed by atoms with Gasteiger partial charge in [-0.15, -0.1) is 0 Å². The standard InChI is InChI=1S/C14H11F3N2O/c15-9-1-3-12(4-2-9)18-8-14(20)19-13-6-10(16)5-11(17)7-13/h1-7,18H,8H2,(H,19,20). The molecule has 0 atom stereocenters. The summed E-state index contributed by atoms with van der Waals surface area (Å²) < 4.78 is 38.5. The van der Waals surface area contributed by atoms with E-state index in [1.807, 2.05) is 0 Å². The number of rotatable bonds is 4. The van der Waals surface area contributed by atoms with Crippen molar-refractivity contribution in [3.63, 3.8) is 0 Å². The summed E-state index contributed by atoms with van der Waals surface area (Å²) in [6.07, 6.45) is 0. The fourth-order valence-electron chi connectivity index (χ4n) is 1.58. The van der Waals surface area contributed by atoms with Gasteiger partial charge in [-0.3, -0.25) is 4.79 Å². The van der Waals surface area contributed by atoms with Gasteiger partial charge in [0.25, 0.3) is 0 Å². The molecule has 104 valence electrons. The van der Waals surface area contributed by atoms with Crippen LogP contribution in [-0.4, -0.2) is 12.5 Å². The molecule has 0 radical (unpaired) electrons. The summed E-state index contributed by atoms with van der Waals surface area (Å²) in [7, 11) is 0. The van der Waals surface area contributed by atoms with Crippen LogP contribution in [-0.2, 0) is 4.79 Å². The second-order valence-corrected chi connectivity index (χ2v) is 4.07. The molecule has 2 aromatic carbocycles. The highest BCUT2D eigenvalue weighted by molar-refractivity contribution is 5.93. The van der Waals surface area contributed by atoms with E-state index in [4.69, 9.17) is 0 Å². The van der Waals surface area contributed by atoms with Crippen LogP contribution in [0.2, 0.25) is 0 Å². The first kappa shape index (κ1) is 13.9. The van der Waals surface area contributed by atoms with Crippen LogP contribution in [0.5, 0.6) is 0 Å². The van der Waals surface area contributed by atoms with Crippen LogP contribution in [0, 0.1) is 17.5 Å². The topological polar surface area (TPSA) is 41.1 Å². The molecule has 0 bridgehead atoms. The molecule has 0 spiro atoms. The number of carbonyl (C=O) groups excluding carboxylic acids is 1. The Hall–Kier alpha value is -2.50. The van der Waals surface area contributed by atoms with Gasteiger partial charge in [-0.2, -0.15) is 0 Å². The van der Waals surface area contributed by atoms with E-state index in [9.17, 15) is 18.0 Å². The SMILES string of the molecule is O=C(CNc1ccc(F)cc1)Nc1cc(F)cc(F)c1. The molecule has 1 amide bonds. The van der Waals surface area contributed by atoms with E-state index in [2.05, 4.69) is 10.6 Å². The molecule has 0 saturated heterocycles. The summed E-state index contributed by atoms with van der Waals surface area (Å²) >= 11 is 0. The zero-order chi connectivity index (χ0) is 14.5. The highest BCUT2D eigenvalue weighted by atomic mass is 19.1. The highest BCUT2D eigenvalue weighted by Crippen LogP contribution is 2.13. The van der Waals surface area contributed by atoms with E-state index in [1.165, 1.54) is 24.3 Å². The van der Waals surface area contributed by atoms with Gasteiger partial charge in [-0.1, -0.05) is 0 Å². The molecule has 6 heteroatoms. The maximum atomic E-state index is 12.9. The van der Waals surface area contributed by atoms with E-state index in [-0.39, 0.29) is 18.0 Å². The second kappa shape index (κ2) is 6.10. The first-order chi connectivity index (χ1) is 9.52. The van der Waals surface area contributed by atoms with E-state index < -0.39 is 17.5 Å². The minimum Gasteiger partial charge on any atom is -0.376 e. The summed E-state index contributed by atoms with van der Waals surface area (Å²) in [5, 5.41) is 5.10. The van der Waals surface area contributed by atoms with Crippen LogP contribution in [0.25, 0.3) is 0 Å². The molecule has 3 nitrogen and oxygen atoms in total. The van der Waals surface area contributed by atoms with Crippen LogP contribution in [0.15, 0.2) is 42.5 Å². The normalized spacial score (nSPS) is 10.2. The monoisotopic (exact) mass is 280 g/mol. The van der Waals surface area contributed by atoms with Gasteiger partial charge in [0.2, 0.25) is 5.91 Å². The average Bonchev–Trinajstić information content (AvgIpc) is 2.37. The van der Waals surface area contributed by atoms with Gasteiger partial charge in [0, 0.05) is 17.4 Å². The lowest BCUT2D eigenvalue weighted by Gasteiger charge is -2.08. The fourth-order valence-corrected chi connectivity index (χ4v) is 1.58. The van der Waals surface area contributed by atoms with Gasteiger partial charge < -0.3 is 10.6 Å². The molecule has 0 aliphatic heterocycles. The lowest BCUT2D eigenvalue weighted by Crippen LogP contribution is -2.21. The molecule has 0 aliphatic carbocycles. The van der Waals surface area contributed by atoms with Gasteiger partial charge in [0.15, 0.2) is 0 Å². The van der Waals surface area contributed by atoms with Crippen molar-refractivity contribution >= 4 is 17.3 Å². The molecule has 2 N–H and O–H groups in total. The van der Waals surface area contributed by atoms with E-state index in [0.717, 1.165) is 12.1 Å². The Morgan fingerprint density at radius 3 is 2.05 bits per heavy atom. The number of halogens is 3. The van der Waals surface area contributed by atoms with Crippen LogP contribution in [0.3, 0.4) is 0 Å². The highest BCUT2D eigenvalue weighted by Gasteiger charge is 2.05. The van der Waals surface area contributed by atoms with E-state index in [0.29, 0.717) is 11.8 Å². The van der Waals surface area contributed by atoms with Crippen LogP contribution in [0.1, 0.15) is 0 Å². The number of anilines is 2. The Morgan fingerprint density at radius 1 is 0.850 bits per heavy atom.